The largest absolute Gasteiger partial charge is 0.379 e. The van der Waals surface area contributed by atoms with E-state index in [0.29, 0.717) is 42.5 Å². The number of carbonyl (C=O) groups is 1. The first-order valence-electron chi connectivity index (χ1n) is 12.3. The highest BCUT2D eigenvalue weighted by atomic mass is 35.5. The lowest BCUT2D eigenvalue weighted by molar-refractivity contribution is -0.121. The van der Waals surface area contributed by atoms with Crippen LogP contribution in [0.4, 0.5) is 0 Å². The predicted molar refractivity (Wildman–Crippen MR) is 148 cm³/mol. The van der Waals surface area contributed by atoms with E-state index in [1.165, 1.54) is 28.6 Å². The van der Waals surface area contributed by atoms with Crippen molar-refractivity contribution in [1.29, 1.82) is 0 Å². The SMILES string of the molecule is Cc1ccc(S(=O)(=O)N(CC(=O)NCc2ccc(S(=O)(=O)N3CCOCC3)cc2)Cc2cccc(Cl)c2)cc1. The van der Waals surface area contributed by atoms with Crippen molar-refractivity contribution in [3.8, 4) is 0 Å². The zero-order valence-electron chi connectivity index (χ0n) is 21.4. The van der Waals surface area contributed by atoms with Crippen LogP contribution in [0, 0.1) is 6.92 Å². The molecular formula is C27H30ClN3O6S2. The number of carbonyl (C=O) groups excluding carboxylic acids is 1. The summed E-state index contributed by atoms with van der Waals surface area (Å²) in [6.07, 6.45) is 0. The third-order valence-corrected chi connectivity index (χ3v) is 10.2. The Morgan fingerprint density at radius 3 is 2.21 bits per heavy atom. The van der Waals surface area contributed by atoms with E-state index in [0.717, 1.165) is 9.87 Å². The van der Waals surface area contributed by atoms with Crippen LogP contribution in [-0.4, -0.2) is 64.2 Å². The van der Waals surface area contributed by atoms with Gasteiger partial charge in [0.1, 0.15) is 0 Å². The van der Waals surface area contributed by atoms with Crippen molar-refractivity contribution in [2.75, 3.05) is 32.8 Å². The molecule has 0 aliphatic carbocycles. The smallest absolute Gasteiger partial charge is 0.243 e. The Balaban J connectivity index is 1.45. The molecule has 0 bridgehead atoms. The highest BCUT2D eigenvalue weighted by Crippen LogP contribution is 2.21. The first kappa shape index (κ1) is 29.2. The summed E-state index contributed by atoms with van der Waals surface area (Å²) in [4.78, 5) is 13.1. The van der Waals surface area contributed by atoms with Crippen LogP contribution in [0.3, 0.4) is 0 Å². The Morgan fingerprint density at radius 2 is 1.56 bits per heavy atom. The minimum atomic E-state index is -3.99. The van der Waals surface area contributed by atoms with Crippen LogP contribution < -0.4 is 5.32 Å². The molecule has 3 aromatic carbocycles. The fraction of sp³-hybridized carbons (Fsp3) is 0.296. The molecule has 3 aromatic rings. The third kappa shape index (κ3) is 7.44. The maximum atomic E-state index is 13.4. The van der Waals surface area contributed by atoms with Crippen LogP contribution in [-0.2, 0) is 42.7 Å². The number of rotatable bonds is 10. The van der Waals surface area contributed by atoms with Crippen molar-refractivity contribution < 1.29 is 26.4 Å². The number of halogens is 1. The second-order valence-electron chi connectivity index (χ2n) is 9.15. The van der Waals surface area contributed by atoms with Crippen LogP contribution >= 0.6 is 11.6 Å². The molecular weight excluding hydrogens is 562 g/mol. The summed E-state index contributed by atoms with van der Waals surface area (Å²) in [5, 5.41) is 3.20. The fourth-order valence-corrected chi connectivity index (χ4v) is 7.06. The van der Waals surface area contributed by atoms with Crippen LogP contribution in [0.15, 0.2) is 82.6 Å². The van der Waals surface area contributed by atoms with Gasteiger partial charge in [0.25, 0.3) is 0 Å². The van der Waals surface area contributed by atoms with Gasteiger partial charge >= 0.3 is 0 Å². The van der Waals surface area contributed by atoms with E-state index in [2.05, 4.69) is 5.32 Å². The molecule has 0 atom stereocenters. The molecule has 12 heteroatoms. The molecule has 39 heavy (non-hydrogen) atoms. The minimum Gasteiger partial charge on any atom is -0.379 e. The summed E-state index contributed by atoms with van der Waals surface area (Å²) in [6, 6.07) is 19.5. The Bertz CT molecular complexity index is 1510. The third-order valence-electron chi connectivity index (χ3n) is 6.25. The van der Waals surface area contributed by atoms with Crippen LogP contribution in [0.1, 0.15) is 16.7 Å². The second kappa shape index (κ2) is 12.6. The molecule has 1 saturated heterocycles. The molecule has 208 valence electrons. The highest BCUT2D eigenvalue weighted by molar-refractivity contribution is 7.89. The van der Waals surface area contributed by atoms with Crippen LogP contribution in [0.2, 0.25) is 5.02 Å². The number of benzene rings is 3. The standard InChI is InChI=1S/C27H30ClN3O6S2/c1-21-5-9-25(10-6-21)39(35,36)31(19-23-3-2-4-24(28)17-23)20-27(32)29-18-22-7-11-26(12-8-22)38(33,34)30-13-15-37-16-14-30/h2-12,17H,13-16,18-20H2,1H3,(H,29,32). The quantitative estimate of drug-likeness (QED) is 0.387. The number of hydrogen-bond acceptors (Lipinski definition) is 6. The summed E-state index contributed by atoms with van der Waals surface area (Å²) in [5.74, 6) is -0.502. The molecule has 0 spiro atoms. The number of hydrogen-bond donors (Lipinski definition) is 1. The number of nitrogens with one attached hydrogen (secondary N) is 1. The maximum absolute atomic E-state index is 13.4. The van der Waals surface area contributed by atoms with Crippen molar-refractivity contribution in [2.45, 2.75) is 29.8 Å². The van der Waals surface area contributed by atoms with E-state index in [1.54, 1.807) is 48.5 Å². The van der Waals surface area contributed by atoms with Gasteiger partial charge < -0.3 is 10.1 Å². The van der Waals surface area contributed by atoms with Gasteiger partial charge in [-0.2, -0.15) is 8.61 Å². The fourth-order valence-electron chi connectivity index (χ4n) is 4.06. The Labute approximate surface area is 234 Å². The summed E-state index contributed by atoms with van der Waals surface area (Å²) >= 11 is 6.09. The molecule has 0 aromatic heterocycles. The van der Waals surface area contributed by atoms with E-state index in [4.69, 9.17) is 16.3 Å². The van der Waals surface area contributed by atoms with E-state index in [-0.39, 0.29) is 22.9 Å². The Kier molecular flexibility index (Phi) is 9.42. The van der Waals surface area contributed by atoms with Gasteiger partial charge in [-0.25, -0.2) is 16.8 Å². The van der Waals surface area contributed by atoms with Crippen molar-refractivity contribution in [2.24, 2.45) is 0 Å². The molecule has 4 rings (SSSR count). The number of nitrogens with zero attached hydrogens (tertiary/aromatic N) is 2. The zero-order chi connectivity index (χ0) is 28.0. The van der Waals surface area contributed by atoms with Gasteiger partial charge in [0.15, 0.2) is 0 Å². The first-order valence-corrected chi connectivity index (χ1v) is 15.6. The second-order valence-corrected chi connectivity index (χ2v) is 13.5. The van der Waals surface area contributed by atoms with Crippen molar-refractivity contribution in [1.82, 2.24) is 13.9 Å². The van der Waals surface area contributed by atoms with Gasteiger partial charge in [-0.05, 0) is 54.4 Å². The van der Waals surface area contributed by atoms with E-state index < -0.39 is 32.5 Å². The summed E-state index contributed by atoms with van der Waals surface area (Å²) in [6.45, 7) is 2.83. The molecule has 0 saturated carbocycles. The first-order chi connectivity index (χ1) is 18.6. The number of amides is 1. The van der Waals surface area contributed by atoms with Crippen LogP contribution in [0.25, 0.3) is 0 Å². The maximum Gasteiger partial charge on any atom is 0.243 e. The van der Waals surface area contributed by atoms with Gasteiger partial charge in [-0.3, -0.25) is 4.79 Å². The normalized spacial score (nSPS) is 14.8. The molecule has 0 unspecified atom stereocenters. The average Bonchev–Trinajstić information content (AvgIpc) is 2.92. The molecule has 1 aliphatic heterocycles. The number of ether oxygens (including phenoxy) is 1. The predicted octanol–water partition coefficient (Wildman–Crippen LogP) is 3.18. The minimum absolute atomic E-state index is 0.0434. The Hall–Kier alpha value is -2.80. The number of aryl methyl sites for hydroxylation is 1. The van der Waals surface area contributed by atoms with E-state index in [9.17, 15) is 21.6 Å². The Morgan fingerprint density at radius 1 is 0.923 bits per heavy atom. The molecule has 0 radical (unpaired) electrons. The van der Waals surface area contributed by atoms with Gasteiger partial charge in [-0.15, -0.1) is 0 Å². The monoisotopic (exact) mass is 591 g/mol. The summed E-state index contributed by atoms with van der Waals surface area (Å²) in [5.41, 5.74) is 2.23. The van der Waals surface area contributed by atoms with Gasteiger partial charge in [-0.1, -0.05) is 53.6 Å². The van der Waals surface area contributed by atoms with Crippen molar-refractivity contribution in [3.05, 3.63) is 94.5 Å². The lowest BCUT2D eigenvalue weighted by Gasteiger charge is -2.26. The van der Waals surface area contributed by atoms with Gasteiger partial charge in [0.05, 0.1) is 29.5 Å². The summed E-state index contributed by atoms with van der Waals surface area (Å²) < 4.78 is 60.3. The lowest BCUT2D eigenvalue weighted by Crippen LogP contribution is -2.40. The molecule has 1 amide bonds. The van der Waals surface area contributed by atoms with E-state index >= 15 is 0 Å². The summed E-state index contributed by atoms with van der Waals surface area (Å²) in [7, 11) is -7.61. The van der Waals surface area contributed by atoms with E-state index in [1.807, 2.05) is 6.92 Å². The van der Waals surface area contributed by atoms with Crippen LogP contribution in [0.5, 0.6) is 0 Å². The van der Waals surface area contributed by atoms with Gasteiger partial charge in [0, 0.05) is 31.2 Å². The highest BCUT2D eigenvalue weighted by Gasteiger charge is 2.28. The van der Waals surface area contributed by atoms with Crippen molar-refractivity contribution in [3.63, 3.8) is 0 Å². The lowest BCUT2D eigenvalue weighted by atomic mass is 10.2. The zero-order valence-corrected chi connectivity index (χ0v) is 23.8. The topological polar surface area (TPSA) is 113 Å². The van der Waals surface area contributed by atoms with Gasteiger partial charge in [0.2, 0.25) is 26.0 Å². The van der Waals surface area contributed by atoms with Crippen molar-refractivity contribution >= 4 is 37.6 Å². The average molecular weight is 592 g/mol. The number of sulfonamides is 2. The number of morpholine rings is 1. The molecule has 1 heterocycles. The molecule has 1 fully saturated rings. The molecule has 1 N–H and O–H groups in total. The molecule has 9 nitrogen and oxygen atoms in total. The molecule has 1 aliphatic rings.